The summed E-state index contributed by atoms with van der Waals surface area (Å²) in [5.41, 5.74) is 2.89. The van der Waals surface area contributed by atoms with Gasteiger partial charge in [0.1, 0.15) is 23.3 Å². The Labute approximate surface area is 352 Å². The van der Waals surface area contributed by atoms with Crippen LogP contribution in [0.1, 0.15) is 119 Å². The van der Waals surface area contributed by atoms with Gasteiger partial charge in [0.25, 0.3) is 17.4 Å². The van der Waals surface area contributed by atoms with E-state index < -0.39 is 39.7 Å². The molecule has 0 spiro atoms. The molecular formula is C43H48N8O9S. The molecule has 4 aliphatic rings. The monoisotopic (exact) mass is 852 g/mol. The average molecular weight is 853 g/mol. The molecule has 3 aliphatic heterocycles. The smallest absolute Gasteiger partial charge is 0.266 e. The van der Waals surface area contributed by atoms with Gasteiger partial charge in [0.15, 0.2) is 5.78 Å². The van der Waals surface area contributed by atoms with Crippen LogP contribution in [0, 0.1) is 6.92 Å². The Morgan fingerprint density at radius 3 is 2.38 bits per heavy atom. The largest absolute Gasteiger partial charge is 0.493 e. The number of carbonyl (C=O) groups excluding carboxylic acids is 5. The third-order valence-electron chi connectivity index (χ3n) is 12.2. The minimum Gasteiger partial charge on any atom is -0.493 e. The quantitative estimate of drug-likeness (QED) is 0.110. The van der Waals surface area contributed by atoms with E-state index in [1.54, 1.807) is 36.0 Å². The highest BCUT2D eigenvalue weighted by Crippen LogP contribution is 2.34. The predicted molar refractivity (Wildman–Crippen MR) is 223 cm³/mol. The number of carbonyl (C=O) groups is 5. The lowest BCUT2D eigenvalue weighted by molar-refractivity contribution is -0.136. The second-order valence-electron chi connectivity index (χ2n) is 16.1. The van der Waals surface area contributed by atoms with Crippen molar-refractivity contribution >= 4 is 56.2 Å². The number of Topliss-reactive ketones (excluding diaryl/α,β-unsaturated/α-hetero) is 1. The fraction of sp³-hybridized carbons (Fsp3) is 0.465. The molecule has 1 aromatic carbocycles. The topological polar surface area (TPSA) is 211 Å². The van der Waals surface area contributed by atoms with Gasteiger partial charge in [-0.05, 0) is 82.2 Å². The number of benzene rings is 1. The molecule has 0 bridgehead atoms. The molecule has 8 rings (SSSR count). The first-order chi connectivity index (χ1) is 29.3. The number of piperidine rings is 1. The zero-order chi connectivity index (χ0) is 43.0. The van der Waals surface area contributed by atoms with E-state index in [-0.39, 0.29) is 65.0 Å². The first-order valence-electron chi connectivity index (χ1n) is 20.9. The number of ether oxygens (including phenoxy) is 1. The Balaban J connectivity index is 0.807. The zero-order valence-corrected chi connectivity index (χ0v) is 35.0. The lowest BCUT2D eigenvalue weighted by Gasteiger charge is -2.35. The number of ketones is 1. The van der Waals surface area contributed by atoms with E-state index in [4.69, 9.17) is 9.72 Å². The number of nitrogens with one attached hydrogen (secondary N) is 1. The van der Waals surface area contributed by atoms with Crippen LogP contribution in [-0.4, -0.2) is 111 Å². The van der Waals surface area contributed by atoms with Gasteiger partial charge in [0.2, 0.25) is 21.8 Å². The minimum atomic E-state index is -3.50. The van der Waals surface area contributed by atoms with E-state index in [9.17, 15) is 37.2 Å². The normalized spacial score (nSPS) is 18.9. The van der Waals surface area contributed by atoms with Crippen LogP contribution in [0.15, 0.2) is 47.5 Å². The standard InChI is InChI=1S/C43H48N8O9S/c1-26-32-25-45-35(46-39(32)50(29-9-4-5-10-29)42(56)37(26)27(2)52)23-28-13-14-30(24-44-28)48-17-19-49(20-18-48)61(58,59)22-7-3-6-21-60-34-12-8-11-31-38(34)43(57)51(41(31)55)33-15-16-36(53)47-40(33)54/h8,11-14,24-25,29,33H,3-7,9-10,15-23H2,1-2H3,(H,47,53,54). The second-order valence-corrected chi connectivity index (χ2v) is 18.2. The number of hydrogen-bond acceptors (Lipinski definition) is 13. The van der Waals surface area contributed by atoms with Crippen molar-refractivity contribution in [3.63, 3.8) is 0 Å². The number of hydrogen-bond donors (Lipinski definition) is 1. The molecule has 0 radical (unpaired) electrons. The molecule has 4 amide bonds. The van der Waals surface area contributed by atoms with Gasteiger partial charge in [-0.2, -0.15) is 4.31 Å². The number of sulfonamides is 1. The summed E-state index contributed by atoms with van der Waals surface area (Å²) in [6.07, 6.45) is 9.17. The minimum absolute atomic E-state index is 0.00734. The lowest BCUT2D eigenvalue weighted by Crippen LogP contribution is -2.54. The van der Waals surface area contributed by atoms with Gasteiger partial charge in [-0.1, -0.05) is 18.9 Å². The molecule has 1 saturated carbocycles. The van der Waals surface area contributed by atoms with Gasteiger partial charge in [0, 0.05) is 55.9 Å². The first kappa shape index (κ1) is 41.8. The number of imide groups is 2. The molecule has 4 aromatic rings. The molecule has 3 aromatic heterocycles. The van der Waals surface area contributed by atoms with Crippen LogP contribution >= 0.6 is 0 Å². The SMILES string of the molecule is CC(=O)c1c(C)c2cnc(Cc3ccc(N4CCN(S(=O)(=O)CCCCCOc5cccc6c5C(=O)N(C5CCC(=O)NC5=O)C6=O)CC4)cn3)nc2n(C2CCCC2)c1=O. The van der Waals surface area contributed by atoms with E-state index >= 15 is 0 Å². The van der Waals surface area contributed by atoms with Crippen molar-refractivity contribution in [1.82, 2.24) is 34.0 Å². The summed E-state index contributed by atoms with van der Waals surface area (Å²) in [7, 11) is -3.50. The molecule has 17 nitrogen and oxygen atoms in total. The van der Waals surface area contributed by atoms with E-state index in [1.165, 1.54) is 17.3 Å². The van der Waals surface area contributed by atoms with E-state index in [0.717, 1.165) is 42.0 Å². The molecule has 1 atom stereocenters. The molecule has 320 valence electrons. The summed E-state index contributed by atoms with van der Waals surface area (Å²) in [5, 5.41) is 2.88. The number of rotatable bonds is 14. The second kappa shape index (κ2) is 17.2. The van der Waals surface area contributed by atoms with Crippen molar-refractivity contribution in [3.05, 3.63) is 86.9 Å². The Morgan fingerprint density at radius 2 is 1.67 bits per heavy atom. The Hall–Kier alpha value is -5.88. The van der Waals surface area contributed by atoms with Crippen molar-refractivity contribution in [2.75, 3.05) is 43.4 Å². The highest BCUT2D eigenvalue weighted by molar-refractivity contribution is 7.89. The molecule has 6 heterocycles. The highest BCUT2D eigenvalue weighted by atomic mass is 32.2. The molecule has 2 saturated heterocycles. The van der Waals surface area contributed by atoms with Gasteiger partial charge in [-0.3, -0.25) is 48.5 Å². The Morgan fingerprint density at radius 1 is 0.902 bits per heavy atom. The predicted octanol–water partition coefficient (Wildman–Crippen LogP) is 3.51. The van der Waals surface area contributed by atoms with E-state index in [0.29, 0.717) is 74.3 Å². The van der Waals surface area contributed by atoms with Gasteiger partial charge in [-0.15, -0.1) is 0 Å². The molecule has 1 unspecified atom stereocenters. The number of fused-ring (bicyclic) bond motifs is 2. The number of aromatic nitrogens is 4. The summed E-state index contributed by atoms with van der Waals surface area (Å²) >= 11 is 0. The van der Waals surface area contributed by atoms with Crippen molar-refractivity contribution in [3.8, 4) is 5.75 Å². The Kier molecular flexibility index (Phi) is 11.8. The van der Waals surface area contributed by atoms with Gasteiger partial charge in [0.05, 0.1) is 47.4 Å². The third-order valence-corrected chi connectivity index (χ3v) is 14.1. The molecule has 18 heteroatoms. The number of piperazine rings is 1. The van der Waals surface area contributed by atoms with Crippen molar-refractivity contribution in [2.45, 2.75) is 90.1 Å². The van der Waals surface area contributed by atoms with Gasteiger partial charge >= 0.3 is 0 Å². The van der Waals surface area contributed by atoms with Gasteiger partial charge < -0.3 is 9.64 Å². The maximum absolute atomic E-state index is 13.6. The highest BCUT2D eigenvalue weighted by Gasteiger charge is 2.46. The number of aryl methyl sites for hydroxylation is 1. The summed E-state index contributed by atoms with van der Waals surface area (Å²) in [6, 6.07) is 7.46. The number of amides is 4. The van der Waals surface area contributed by atoms with Crippen LogP contribution in [0.3, 0.4) is 0 Å². The van der Waals surface area contributed by atoms with Crippen LogP contribution in [0.5, 0.6) is 5.75 Å². The maximum atomic E-state index is 13.6. The third kappa shape index (κ3) is 8.30. The fourth-order valence-electron chi connectivity index (χ4n) is 8.94. The summed E-state index contributed by atoms with van der Waals surface area (Å²) in [4.78, 5) is 93.5. The van der Waals surface area contributed by atoms with Crippen LogP contribution < -0.4 is 20.5 Å². The molecule has 1 aliphatic carbocycles. The van der Waals surface area contributed by atoms with Crippen LogP contribution in [0.4, 0.5) is 5.69 Å². The molecule has 61 heavy (non-hydrogen) atoms. The van der Waals surface area contributed by atoms with Crippen molar-refractivity contribution < 1.29 is 37.1 Å². The summed E-state index contributed by atoms with van der Waals surface area (Å²) in [6.45, 7) is 5.08. The van der Waals surface area contributed by atoms with Crippen LogP contribution in [-0.2, 0) is 26.0 Å². The summed E-state index contributed by atoms with van der Waals surface area (Å²) in [5.74, 6) is -1.92. The molecule has 3 fully saturated rings. The number of anilines is 1. The van der Waals surface area contributed by atoms with Crippen LogP contribution in [0.2, 0.25) is 0 Å². The fourth-order valence-corrected chi connectivity index (χ4v) is 10.5. The molecular weight excluding hydrogens is 805 g/mol. The zero-order valence-electron chi connectivity index (χ0n) is 34.2. The lowest BCUT2D eigenvalue weighted by atomic mass is 10.0. The van der Waals surface area contributed by atoms with Crippen LogP contribution in [0.25, 0.3) is 11.0 Å². The Bertz CT molecular complexity index is 2600. The number of pyridine rings is 2. The average Bonchev–Trinajstić information content (AvgIpc) is 3.86. The van der Waals surface area contributed by atoms with Crippen molar-refractivity contribution in [1.29, 1.82) is 0 Å². The first-order valence-corrected chi connectivity index (χ1v) is 22.5. The number of nitrogens with zero attached hydrogens (tertiary/aromatic N) is 7. The van der Waals surface area contributed by atoms with Crippen molar-refractivity contribution in [2.24, 2.45) is 0 Å². The number of unbranched alkanes of at least 4 members (excludes halogenated alkanes) is 2. The molecule has 1 N–H and O–H groups in total. The van der Waals surface area contributed by atoms with Gasteiger partial charge in [-0.25, -0.2) is 18.4 Å². The maximum Gasteiger partial charge on any atom is 0.266 e. The van der Waals surface area contributed by atoms with E-state index in [2.05, 4.69) is 20.2 Å². The summed E-state index contributed by atoms with van der Waals surface area (Å²) < 4.78 is 35.6. The van der Waals surface area contributed by atoms with E-state index in [1.807, 2.05) is 12.1 Å².